The Kier molecular flexibility index (Phi) is 6.71. The topological polar surface area (TPSA) is 116 Å². The van der Waals surface area contributed by atoms with Gasteiger partial charge < -0.3 is 10.1 Å². The minimum Gasteiger partial charge on any atom is -0.448 e. The summed E-state index contributed by atoms with van der Waals surface area (Å²) in [4.78, 5) is 36.7. The number of carbonyl (C=O) groups excluding carboxylic acids is 2. The molecule has 0 aliphatic carbocycles. The Morgan fingerprint density at radius 2 is 1.91 bits per heavy atom. The number of nitro groups is 1. The molecular weight excluding hydrogens is 480 g/mol. The molecule has 11 heteroatoms. The maximum atomic E-state index is 13.0. The molecular formula is C23H17ClN4O5S. The van der Waals surface area contributed by atoms with Crippen LogP contribution in [0.1, 0.15) is 17.4 Å². The molecule has 0 radical (unpaired) electrons. The number of rotatable bonds is 7. The Morgan fingerprint density at radius 3 is 2.56 bits per heavy atom. The average Bonchev–Trinajstić information content (AvgIpc) is 3.51. The molecule has 172 valence electrons. The lowest BCUT2D eigenvalue weighted by Gasteiger charge is -2.14. The molecule has 2 heterocycles. The predicted molar refractivity (Wildman–Crippen MR) is 128 cm³/mol. The van der Waals surface area contributed by atoms with E-state index in [-0.39, 0.29) is 22.1 Å². The summed E-state index contributed by atoms with van der Waals surface area (Å²) in [5, 5.41) is 19.8. The SMILES string of the molecule is CC(OC(=O)c1cc(-c2cccs2)nn1-c1ccccc1)C(=O)Nc1ccc([N+](=O)[O-])cc1Cl. The maximum Gasteiger partial charge on any atom is 0.357 e. The normalized spacial score (nSPS) is 11.6. The van der Waals surface area contributed by atoms with E-state index in [0.717, 1.165) is 10.9 Å². The summed E-state index contributed by atoms with van der Waals surface area (Å²) in [6.07, 6.45) is -1.18. The second-order valence-electron chi connectivity index (χ2n) is 7.10. The fraction of sp³-hybridized carbons (Fsp3) is 0.0870. The zero-order chi connectivity index (χ0) is 24.2. The van der Waals surface area contributed by atoms with E-state index in [9.17, 15) is 19.7 Å². The van der Waals surface area contributed by atoms with Crippen molar-refractivity contribution in [1.29, 1.82) is 0 Å². The molecule has 0 saturated heterocycles. The first kappa shape index (κ1) is 23.1. The lowest BCUT2D eigenvalue weighted by Crippen LogP contribution is -2.30. The number of thiophene rings is 1. The summed E-state index contributed by atoms with van der Waals surface area (Å²) >= 11 is 7.51. The predicted octanol–water partition coefficient (Wildman–Crippen LogP) is 5.35. The third-order valence-corrected chi connectivity index (χ3v) is 5.97. The quantitative estimate of drug-likeness (QED) is 0.209. The van der Waals surface area contributed by atoms with Crippen LogP contribution in [0.15, 0.2) is 72.1 Å². The molecule has 0 bridgehead atoms. The number of amides is 1. The molecule has 4 aromatic rings. The zero-order valence-electron chi connectivity index (χ0n) is 17.7. The Balaban J connectivity index is 1.54. The van der Waals surface area contributed by atoms with Gasteiger partial charge in [-0.2, -0.15) is 5.10 Å². The van der Waals surface area contributed by atoms with Gasteiger partial charge in [-0.3, -0.25) is 14.9 Å². The average molecular weight is 497 g/mol. The van der Waals surface area contributed by atoms with E-state index >= 15 is 0 Å². The van der Waals surface area contributed by atoms with Crippen molar-refractivity contribution >= 4 is 46.2 Å². The van der Waals surface area contributed by atoms with Crippen molar-refractivity contribution in [3.05, 3.63) is 92.9 Å². The summed E-state index contributed by atoms with van der Waals surface area (Å²) < 4.78 is 6.87. The molecule has 1 N–H and O–H groups in total. The molecule has 4 rings (SSSR count). The van der Waals surface area contributed by atoms with Gasteiger partial charge in [0, 0.05) is 18.2 Å². The maximum absolute atomic E-state index is 13.0. The highest BCUT2D eigenvalue weighted by atomic mass is 35.5. The third kappa shape index (κ3) is 4.98. The monoisotopic (exact) mass is 496 g/mol. The fourth-order valence-corrected chi connectivity index (χ4v) is 3.97. The van der Waals surface area contributed by atoms with E-state index in [1.54, 1.807) is 18.2 Å². The summed E-state index contributed by atoms with van der Waals surface area (Å²) in [6, 6.07) is 18.1. The van der Waals surface area contributed by atoms with E-state index < -0.39 is 22.9 Å². The van der Waals surface area contributed by atoms with Crippen LogP contribution in [0.5, 0.6) is 0 Å². The van der Waals surface area contributed by atoms with Crippen LogP contribution < -0.4 is 5.32 Å². The number of halogens is 1. The molecule has 1 amide bonds. The largest absolute Gasteiger partial charge is 0.448 e. The summed E-state index contributed by atoms with van der Waals surface area (Å²) in [5.74, 6) is -1.38. The molecule has 2 aromatic heterocycles. The van der Waals surface area contributed by atoms with E-state index in [2.05, 4.69) is 10.4 Å². The second kappa shape index (κ2) is 9.86. The minimum absolute atomic E-state index is 0.0104. The molecule has 0 aliphatic rings. The number of anilines is 1. The molecule has 0 saturated carbocycles. The van der Waals surface area contributed by atoms with Crippen molar-refractivity contribution in [2.24, 2.45) is 0 Å². The van der Waals surface area contributed by atoms with Gasteiger partial charge in [-0.25, -0.2) is 9.48 Å². The summed E-state index contributed by atoms with van der Waals surface area (Å²) in [5.41, 5.74) is 1.36. The number of non-ortho nitro benzene ring substituents is 1. The lowest BCUT2D eigenvalue weighted by atomic mass is 10.2. The number of esters is 1. The Labute approximate surface area is 202 Å². The molecule has 1 atom stereocenters. The first-order valence-corrected chi connectivity index (χ1v) is 11.2. The van der Waals surface area contributed by atoms with Crippen LogP contribution in [-0.2, 0) is 9.53 Å². The first-order chi connectivity index (χ1) is 16.3. The number of nitrogens with one attached hydrogen (secondary N) is 1. The number of carbonyl (C=O) groups is 2. The molecule has 9 nitrogen and oxygen atoms in total. The van der Waals surface area contributed by atoms with Gasteiger partial charge in [-0.15, -0.1) is 11.3 Å². The van der Waals surface area contributed by atoms with Crippen molar-refractivity contribution < 1.29 is 19.2 Å². The van der Waals surface area contributed by atoms with Crippen molar-refractivity contribution in [2.75, 3.05) is 5.32 Å². The van der Waals surface area contributed by atoms with Crippen LogP contribution in [0, 0.1) is 10.1 Å². The molecule has 1 unspecified atom stereocenters. The Bertz CT molecular complexity index is 1360. The molecule has 0 spiro atoms. The van der Waals surface area contributed by atoms with Crippen LogP contribution in [0.4, 0.5) is 11.4 Å². The van der Waals surface area contributed by atoms with E-state index in [1.807, 2.05) is 35.7 Å². The highest BCUT2D eigenvalue weighted by Gasteiger charge is 2.25. The highest BCUT2D eigenvalue weighted by molar-refractivity contribution is 7.13. The number of ether oxygens (including phenoxy) is 1. The summed E-state index contributed by atoms with van der Waals surface area (Å²) in [6.45, 7) is 1.41. The third-order valence-electron chi connectivity index (χ3n) is 4.77. The van der Waals surface area contributed by atoms with Crippen molar-refractivity contribution in [2.45, 2.75) is 13.0 Å². The van der Waals surface area contributed by atoms with Gasteiger partial charge in [-0.05, 0) is 36.6 Å². The standard InChI is InChI=1S/C23H17ClN4O5S/c1-14(22(29)25-18-10-9-16(28(31)32)12-17(18)24)33-23(30)20-13-19(21-8-5-11-34-21)26-27(20)15-6-3-2-4-7-15/h2-14H,1H3,(H,25,29). The number of hydrogen-bond donors (Lipinski definition) is 1. The Morgan fingerprint density at radius 1 is 1.15 bits per heavy atom. The van der Waals surface area contributed by atoms with Crippen LogP contribution in [0.25, 0.3) is 16.3 Å². The highest BCUT2D eigenvalue weighted by Crippen LogP contribution is 2.28. The minimum atomic E-state index is -1.18. The molecule has 0 aliphatic heterocycles. The number of nitrogens with zero attached hydrogens (tertiary/aromatic N) is 3. The van der Waals surface area contributed by atoms with Gasteiger partial charge in [0.05, 0.1) is 26.2 Å². The van der Waals surface area contributed by atoms with Crippen molar-refractivity contribution in [1.82, 2.24) is 9.78 Å². The van der Waals surface area contributed by atoms with Crippen molar-refractivity contribution in [3.8, 4) is 16.3 Å². The van der Waals surface area contributed by atoms with E-state index in [1.165, 1.54) is 35.1 Å². The smallest absolute Gasteiger partial charge is 0.357 e. The van der Waals surface area contributed by atoms with Gasteiger partial charge in [0.1, 0.15) is 5.69 Å². The number of hydrogen-bond acceptors (Lipinski definition) is 7. The van der Waals surface area contributed by atoms with Gasteiger partial charge >= 0.3 is 5.97 Å². The zero-order valence-corrected chi connectivity index (χ0v) is 19.2. The number of para-hydroxylation sites is 1. The van der Waals surface area contributed by atoms with Crippen LogP contribution >= 0.6 is 22.9 Å². The van der Waals surface area contributed by atoms with Gasteiger partial charge in [0.15, 0.2) is 11.8 Å². The lowest BCUT2D eigenvalue weighted by molar-refractivity contribution is -0.384. The van der Waals surface area contributed by atoms with E-state index in [0.29, 0.717) is 11.4 Å². The number of nitro benzene ring substituents is 1. The number of benzene rings is 2. The van der Waals surface area contributed by atoms with Gasteiger partial charge in [0.25, 0.3) is 11.6 Å². The van der Waals surface area contributed by atoms with Crippen LogP contribution in [0.2, 0.25) is 5.02 Å². The molecule has 0 fully saturated rings. The fourth-order valence-electron chi connectivity index (χ4n) is 3.07. The Hall–Kier alpha value is -4.02. The van der Waals surface area contributed by atoms with E-state index in [4.69, 9.17) is 16.3 Å². The second-order valence-corrected chi connectivity index (χ2v) is 8.45. The van der Waals surface area contributed by atoms with Gasteiger partial charge in [-0.1, -0.05) is 35.9 Å². The van der Waals surface area contributed by atoms with Gasteiger partial charge in [0.2, 0.25) is 0 Å². The van der Waals surface area contributed by atoms with Crippen LogP contribution in [0.3, 0.4) is 0 Å². The van der Waals surface area contributed by atoms with Crippen LogP contribution in [-0.4, -0.2) is 32.7 Å². The molecule has 34 heavy (non-hydrogen) atoms. The summed E-state index contributed by atoms with van der Waals surface area (Å²) in [7, 11) is 0. The van der Waals surface area contributed by atoms with Crippen molar-refractivity contribution in [3.63, 3.8) is 0 Å². The molecule has 2 aromatic carbocycles. The first-order valence-electron chi connectivity index (χ1n) is 9.98. The number of aromatic nitrogens is 2.